The summed E-state index contributed by atoms with van der Waals surface area (Å²) < 4.78 is 0. The molecule has 112 valence electrons. The van der Waals surface area contributed by atoms with Gasteiger partial charge in [0, 0.05) is 37.7 Å². The van der Waals surface area contributed by atoms with Gasteiger partial charge in [0.2, 0.25) is 0 Å². The first-order chi connectivity index (χ1) is 9.65. The average molecular weight is 278 g/mol. The Morgan fingerprint density at radius 3 is 2.80 bits per heavy atom. The maximum Gasteiger partial charge on any atom is 0.0791 e. The fraction of sp³-hybridized carbons (Fsp3) is 0.733. The van der Waals surface area contributed by atoms with Gasteiger partial charge in [0.25, 0.3) is 0 Å². The molecule has 1 saturated heterocycles. The smallest absolute Gasteiger partial charge is 0.0791 e. The van der Waals surface area contributed by atoms with Gasteiger partial charge in [-0.05, 0) is 38.8 Å². The number of β-amino-alcohol motifs (C(OH)–C–C–N with tert-alkyl or cyclic N) is 1. The number of nitrogens with zero attached hydrogens (tertiary/aromatic N) is 3. The van der Waals surface area contributed by atoms with Crippen LogP contribution in [0.1, 0.15) is 38.4 Å². The molecule has 5 nitrogen and oxygen atoms in total. The lowest BCUT2D eigenvalue weighted by Gasteiger charge is -2.31. The first kappa shape index (κ1) is 15.4. The molecule has 2 rings (SSSR count). The minimum Gasteiger partial charge on any atom is -0.390 e. The number of hydrogen-bond acceptors (Lipinski definition) is 5. The summed E-state index contributed by atoms with van der Waals surface area (Å²) in [6, 6.07) is 0.111. The molecular formula is C15H26N4O. The lowest BCUT2D eigenvalue weighted by molar-refractivity contribution is 0.0891. The van der Waals surface area contributed by atoms with Crippen LogP contribution >= 0.6 is 0 Å². The molecule has 1 aliphatic heterocycles. The maximum atomic E-state index is 10.1. The van der Waals surface area contributed by atoms with Crippen LogP contribution in [0.25, 0.3) is 0 Å². The summed E-state index contributed by atoms with van der Waals surface area (Å²) in [6.45, 7) is 7.91. The van der Waals surface area contributed by atoms with Gasteiger partial charge < -0.3 is 15.3 Å². The Kier molecular flexibility index (Phi) is 5.88. The Morgan fingerprint density at radius 1 is 1.40 bits per heavy atom. The summed E-state index contributed by atoms with van der Waals surface area (Å²) in [5.41, 5.74) is 0.909. The zero-order chi connectivity index (χ0) is 14.4. The van der Waals surface area contributed by atoms with Crippen molar-refractivity contribution >= 4 is 0 Å². The van der Waals surface area contributed by atoms with Crippen LogP contribution in [0.5, 0.6) is 0 Å². The summed E-state index contributed by atoms with van der Waals surface area (Å²) in [5.74, 6) is 0.832. The van der Waals surface area contributed by atoms with E-state index in [2.05, 4.69) is 27.1 Å². The Hall–Kier alpha value is -1.04. The van der Waals surface area contributed by atoms with E-state index in [0.29, 0.717) is 6.54 Å². The van der Waals surface area contributed by atoms with E-state index < -0.39 is 0 Å². The van der Waals surface area contributed by atoms with Crippen LogP contribution in [-0.2, 0) is 0 Å². The van der Waals surface area contributed by atoms with Crippen LogP contribution in [0.15, 0.2) is 18.6 Å². The van der Waals surface area contributed by atoms with Crippen molar-refractivity contribution < 1.29 is 5.11 Å². The third kappa shape index (κ3) is 4.81. The minimum absolute atomic E-state index is 0.111. The zero-order valence-electron chi connectivity index (χ0n) is 12.5. The number of rotatable bonds is 6. The van der Waals surface area contributed by atoms with Gasteiger partial charge in [-0.25, -0.2) is 0 Å². The topological polar surface area (TPSA) is 61.3 Å². The Morgan fingerprint density at radius 2 is 2.15 bits per heavy atom. The zero-order valence-corrected chi connectivity index (χ0v) is 12.5. The van der Waals surface area contributed by atoms with Crippen LogP contribution < -0.4 is 5.32 Å². The third-order valence-corrected chi connectivity index (χ3v) is 4.03. The molecule has 0 aliphatic carbocycles. The van der Waals surface area contributed by atoms with Crippen molar-refractivity contribution in [1.82, 2.24) is 20.2 Å². The van der Waals surface area contributed by atoms with Crippen LogP contribution in [0.2, 0.25) is 0 Å². The van der Waals surface area contributed by atoms with Crippen molar-refractivity contribution in [3.8, 4) is 0 Å². The second-order valence-electron chi connectivity index (χ2n) is 5.90. The molecule has 1 aliphatic rings. The molecule has 2 N–H and O–H groups in total. The van der Waals surface area contributed by atoms with E-state index in [1.807, 2.05) is 6.92 Å². The Balaban J connectivity index is 1.68. The minimum atomic E-state index is -0.331. The summed E-state index contributed by atoms with van der Waals surface area (Å²) in [6.07, 6.45) is 7.28. The first-order valence-electron chi connectivity index (χ1n) is 7.55. The molecule has 2 heterocycles. The average Bonchev–Trinajstić information content (AvgIpc) is 2.48. The van der Waals surface area contributed by atoms with Crippen LogP contribution in [0, 0.1) is 5.92 Å². The summed E-state index contributed by atoms with van der Waals surface area (Å²) in [5, 5.41) is 13.4. The second kappa shape index (κ2) is 7.67. The number of likely N-dealkylation sites (tertiary alicyclic amines) is 1. The predicted molar refractivity (Wildman–Crippen MR) is 79.3 cm³/mol. The molecular weight excluding hydrogens is 252 g/mol. The van der Waals surface area contributed by atoms with Gasteiger partial charge in [-0.15, -0.1) is 0 Å². The molecule has 1 fully saturated rings. The van der Waals surface area contributed by atoms with E-state index in [1.54, 1.807) is 18.6 Å². The van der Waals surface area contributed by atoms with E-state index in [-0.39, 0.29) is 12.1 Å². The van der Waals surface area contributed by atoms with Crippen molar-refractivity contribution in [2.75, 3.05) is 26.2 Å². The second-order valence-corrected chi connectivity index (χ2v) is 5.90. The van der Waals surface area contributed by atoms with Crippen molar-refractivity contribution in [2.45, 2.75) is 38.8 Å². The number of aromatic nitrogens is 2. The molecule has 5 heteroatoms. The van der Waals surface area contributed by atoms with Crippen molar-refractivity contribution in [3.05, 3.63) is 24.3 Å². The number of nitrogens with one attached hydrogen (secondary N) is 1. The lowest BCUT2D eigenvalue weighted by Crippen LogP contribution is -2.42. The highest BCUT2D eigenvalue weighted by molar-refractivity contribution is 5.00. The van der Waals surface area contributed by atoms with Crippen LogP contribution in [-0.4, -0.2) is 52.3 Å². The van der Waals surface area contributed by atoms with Gasteiger partial charge in [-0.1, -0.05) is 6.92 Å². The lowest BCUT2D eigenvalue weighted by atomic mass is 9.99. The Labute approximate surface area is 121 Å². The molecule has 1 aromatic rings. The van der Waals surface area contributed by atoms with Crippen LogP contribution in [0.3, 0.4) is 0 Å². The molecule has 2 unspecified atom stereocenters. The van der Waals surface area contributed by atoms with Gasteiger partial charge >= 0.3 is 0 Å². The van der Waals surface area contributed by atoms with Crippen molar-refractivity contribution in [2.24, 2.45) is 5.92 Å². The highest BCUT2D eigenvalue weighted by Crippen LogP contribution is 2.16. The Bertz CT molecular complexity index is 379. The SMILES string of the molecule is CC1CCN(CC(O)CNC(C)c2cnccn2)CC1. The number of piperidine rings is 1. The van der Waals surface area contributed by atoms with E-state index in [4.69, 9.17) is 0 Å². The van der Waals surface area contributed by atoms with Gasteiger partial charge in [0.15, 0.2) is 0 Å². The molecule has 20 heavy (non-hydrogen) atoms. The monoisotopic (exact) mass is 278 g/mol. The van der Waals surface area contributed by atoms with Gasteiger partial charge in [-0.2, -0.15) is 0 Å². The standard InChI is InChI=1S/C15H26N4O/c1-12-3-7-19(8-4-12)11-14(20)9-18-13(2)15-10-16-5-6-17-15/h5-6,10,12-14,18,20H,3-4,7-9,11H2,1-2H3. The third-order valence-electron chi connectivity index (χ3n) is 4.03. The van der Waals surface area contributed by atoms with Gasteiger partial charge in [-0.3, -0.25) is 9.97 Å². The quantitative estimate of drug-likeness (QED) is 0.819. The van der Waals surface area contributed by atoms with Crippen molar-refractivity contribution in [1.29, 1.82) is 0 Å². The predicted octanol–water partition coefficient (Wildman–Crippen LogP) is 1.22. The van der Waals surface area contributed by atoms with Crippen molar-refractivity contribution in [3.63, 3.8) is 0 Å². The fourth-order valence-electron chi connectivity index (χ4n) is 2.56. The number of aliphatic hydroxyl groups is 1. The van der Waals surface area contributed by atoms with E-state index in [9.17, 15) is 5.11 Å². The van der Waals surface area contributed by atoms with Gasteiger partial charge in [0.05, 0.1) is 11.8 Å². The number of aliphatic hydroxyl groups excluding tert-OH is 1. The molecule has 0 amide bonds. The molecule has 0 saturated carbocycles. The molecule has 0 aromatic carbocycles. The fourth-order valence-corrected chi connectivity index (χ4v) is 2.56. The first-order valence-corrected chi connectivity index (χ1v) is 7.55. The van der Waals surface area contributed by atoms with Gasteiger partial charge in [0.1, 0.15) is 0 Å². The normalized spacial score (nSPS) is 20.8. The van der Waals surface area contributed by atoms with E-state index >= 15 is 0 Å². The molecule has 1 aromatic heterocycles. The highest BCUT2D eigenvalue weighted by atomic mass is 16.3. The largest absolute Gasteiger partial charge is 0.390 e. The maximum absolute atomic E-state index is 10.1. The highest BCUT2D eigenvalue weighted by Gasteiger charge is 2.18. The van der Waals surface area contributed by atoms with E-state index in [0.717, 1.165) is 31.2 Å². The van der Waals surface area contributed by atoms with E-state index in [1.165, 1.54) is 12.8 Å². The molecule has 0 bridgehead atoms. The summed E-state index contributed by atoms with van der Waals surface area (Å²) >= 11 is 0. The summed E-state index contributed by atoms with van der Waals surface area (Å²) in [4.78, 5) is 10.7. The number of hydrogen-bond donors (Lipinski definition) is 2. The van der Waals surface area contributed by atoms with Crippen LogP contribution in [0.4, 0.5) is 0 Å². The molecule has 2 atom stereocenters. The molecule has 0 radical (unpaired) electrons. The molecule has 0 spiro atoms. The summed E-state index contributed by atoms with van der Waals surface area (Å²) in [7, 11) is 0.